The van der Waals surface area contributed by atoms with Gasteiger partial charge in [0.05, 0.1) is 24.7 Å². The van der Waals surface area contributed by atoms with Gasteiger partial charge in [-0.3, -0.25) is 9.59 Å². The first kappa shape index (κ1) is 16.5. The summed E-state index contributed by atoms with van der Waals surface area (Å²) in [6, 6.07) is 9.45. The number of aromatic nitrogens is 3. The molecular weight excluding hydrogens is 328 g/mol. The predicted octanol–water partition coefficient (Wildman–Crippen LogP) is 1.39. The predicted molar refractivity (Wildman–Crippen MR) is 90.1 cm³/mol. The largest absolute Gasteiger partial charge is 0.468 e. The summed E-state index contributed by atoms with van der Waals surface area (Å²) in [5, 5.41) is 8.68. The van der Waals surface area contributed by atoms with Crippen molar-refractivity contribution in [2.75, 3.05) is 26.0 Å². The Balaban J connectivity index is 1.59. The summed E-state index contributed by atoms with van der Waals surface area (Å²) in [7, 11) is 1.38. The summed E-state index contributed by atoms with van der Waals surface area (Å²) < 4.78 is 4.64. The van der Waals surface area contributed by atoms with Gasteiger partial charge in [-0.1, -0.05) is 18.2 Å². The molecule has 1 atom stereocenters. The van der Waals surface area contributed by atoms with Gasteiger partial charge in [-0.15, -0.1) is 16.9 Å². The number of methoxy groups -OCH3 is 1. The number of likely N-dealkylation sites (tertiary alicyclic amines) is 1. The second kappa shape index (κ2) is 7.48. The van der Waals surface area contributed by atoms with Gasteiger partial charge in [-0.2, -0.15) is 9.90 Å². The molecule has 0 unspecified atom stereocenters. The van der Waals surface area contributed by atoms with E-state index in [1.165, 1.54) is 29.9 Å². The Morgan fingerprint density at radius 2 is 2.12 bits per heavy atom. The van der Waals surface area contributed by atoms with Crippen molar-refractivity contribution in [2.24, 2.45) is 0 Å². The number of benzene rings is 1. The van der Waals surface area contributed by atoms with E-state index in [9.17, 15) is 9.59 Å². The molecule has 0 aliphatic carbocycles. The summed E-state index contributed by atoms with van der Waals surface area (Å²) in [4.78, 5) is 26.9. The van der Waals surface area contributed by atoms with Gasteiger partial charge in [0.1, 0.15) is 0 Å². The van der Waals surface area contributed by atoms with E-state index in [1.54, 1.807) is 4.90 Å². The van der Waals surface area contributed by atoms with Gasteiger partial charge in [-0.25, -0.2) is 0 Å². The van der Waals surface area contributed by atoms with Crippen molar-refractivity contribution in [2.45, 2.75) is 11.7 Å². The highest BCUT2D eigenvalue weighted by atomic mass is 32.2. The quantitative estimate of drug-likeness (QED) is 0.762. The minimum atomic E-state index is -0.240. The van der Waals surface area contributed by atoms with Crippen LogP contribution in [0.2, 0.25) is 0 Å². The lowest BCUT2D eigenvalue weighted by Crippen LogP contribution is -2.29. The molecule has 1 saturated heterocycles. The molecule has 0 bridgehead atoms. The van der Waals surface area contributed by atoms with E-state index < -0.39 is 0 Å². The average Bonchev–Trinajstić information content (AvgIpc) is 3.29. The molecule has 3 rings (SSSR count). The molecule has 0 saturated carbocycles. The Morgan fingerprint density at radius 1 is 1.33 bits per heavy atom. The Hall–Kier alpha value is -2.35. The van der Waals surface area contributed by atoms with E-state index in [-0.39, 0.29) is 17.1 Å². The summed E-state index contributed by atoms with van der Waals surface area (Å²) in [6.45, 7) is 1.27. The molecule has 0 spiro atoms. The molecule has 0 radical (unpaired) electrons. The maximum absolute atomic E-state index is 12.5. The van der Waals surface area contributed by atoms with Crippen molar-refractivity contribution < 1.29 is 14.3 Å². The molecular formula is C16H18N4O3S. The number of thioether (sulfide) groups is 1. The van der Waals surface area contributed by atoms with Crippen LogP contribution in [-0.2, 0) is 9.53 Å². The lowest BCUT2D eigenvalue weighted by atomic mass is 10.3. The van der Waals surface area contributed by atoms with Gasteiger partial charge in [-0.05, 0) is 18.6 Å². The molecule has 7 nitrogen and oxygen atoms in total. The fourth-order valence-electron chi connectivity index (χ4n) is 2.50. The molecule has 2 aromatic rings. The lowest BCUT2D eigenvalue weighted by molar-refractivity contribution is -0.137. The minimum Gasteiger partial charge on any atom is -0.468 e. The van der Waals surface area contributed by atoms with Gasteiger partial charge < -0.3 is 9.64 Å². The van der Waals surface area contributed by atoms with Gasteiger partial charge in [0.25, 0.3) is 5.91 Å². The lowest BCUT2D eigenvalue weighted by Gasteiger charge is -2.14. The van der Waals surface area contributed by atoms with Crippen LogP contribution in [0, 0.1) is 0 Å². The van der Waals surface area contributed by atoms with E-state index in [2.05, 4.69) is 14.9 Å². The van der Waals surface area contributed by atoms with E-state index in [4.69, 9.17) is 0 Å². The van der Waals surface area contributed by atoms with Gasteiger partial charge >= 0.3 is 5.97 Å². The molecule has 8 heteroatoms. The number of amides is 1. The van der Waals surface area contributed by atoms with Gasteiger partial charge in [0.2, 0.25) is 0 Å². The van der Waals surface area contributed by atoms with Gasteiger partial charge in [0.15, 0.2) is 5.69 Å². The van der Waals surface area contributed by atoms with Crippen molar-refractivity contribution in [3.8, 4) is 5.69 Å². The number of ether oxygens (including phenoxy) is 1. The fourth-order valence-corrected chi connectivity index (χ4v) is 3.55. The van der Waals surface area contributed by atoms with Crippen LogP contribution in [-0.4, -0.2) is 63.0 Å². The smallest absolute Gasteiger partial charge is 0.315 e. The average molecular weight is 346 g/mol. The zero-order chi connectivity index (χ0) is 16.9. The molecule has 126 valence electrons. The first-order valence-corrected chi connectivity index (χ1v) is 8.67. The minimum absolute atomic E-state index is 0.127. The van der Waals surface area contributed by atoms with Crippen molar-refractivity contribution in [3.05, 3.63) is 42.2 Å². The molecule has 1 aliphatic heterocycles. The van der Waals surface area contributed by atoms with Crippen LogP contribution in [0.25, 0.3) is 5.69 Å². The monoisotopic (exact) mass is 346 g/mol. The molecule has 24 heavy (non-hydrogen) atoms. The summed E-state index contributed by atoms with van der Waals surface area (Å²) in [5.41, 5.74) is 1.14. The molecule has 2 heterocycles. The Labute approximate surface area is 144 Å². The van der Waals surface area contributed by atoms with Crippen LogP contribution < -0.4 is 0 Å². The van der Waals surface area contributed by atoms with Crippen molar-refractivity contribution in [3.63, 3.8) is 0 Å². The SMILES string of the molecule is COC(=O)CS[C@H]1CCN(C(=O)c2cnn(-c3ccccc3)n2)C1. The molecule has 1 fully saturated rings. The third kappa shape index (κ3) is 3.76. The van der Waals surface area contributed by atoms with Crippen molar-refractivity contribution >= 4 is 23.6 Å². The van der Waals surface area contributed by atoms with Crippen LogP contribution in [0.5, 0.6) is 0 Å². The number of rotatable bonds is 5. The van der Waals surface area contributed by atoms with E-state index >= 15 is 0 Å². The third-order valence-corrected chi connectivity index (χ3v) is 5.05. The topological polar surface area (TPSA) is 77.3 Å². The number of hydrogen-bond donors (Lipinski definition) is 0. The zero-order valence-corrected chi connectivity index (χ0v) is 14.1. The van der Waals surface area contributed by atoms with Gasteiger partial charge in [0, 0.05) is 18.3 Å². The normalized spacial score (nSPS) is 17.0. The van der Waals surface area contributed by atoms with Crippen molar-refractivity contribution in [1.82, 2.24) is 19.9 Å². The van der Waals surface area contributed by atoms with E-state index in [0.717, 1.165) is 12.1 Å². The second-order valence-corrected chi connectivity index (χ2v) is 6.69. The highest BCUT2D eigenvalue weighted by molar-refractivity contribution is 8.00. The highest BCUT2D eigenvalue weighted by Crippen LogP contribution is 2.23. The summed E-state index contributed by atoms with van der Waals surface area (Å²) in [5.74, 6) is -0.0538. The molecule has 0 N–H and O–H groups in total. The van der Waals surface area contributed by atoms with Crippen LogP contribution >= 0.6 is 11.8 Å². The first-order valence-electron chi connectivity index (χ1n) is 7.63. The zero-order valence-electron chi connectivity index (χ0n) is 13.3. The number of esters is 1. The molecule has 1 aromatic carbocycles. The van der Waals surface area contributed by atoms with E-state index in [1.807, 2.05) is 30.3 Å². The number of nitrogens with zero attached hydrogens (tertiary/aromatic N) is 4. The number of para-hydroxylation sites is 1. The number of carbonyl (C=O) groups is 2. The standard InChI is InChI=1S/C16H18N4O3S/c1-23-15(21)11-24-13-7-8-19(10-13)16(22)14-9-17-20(18-14)12-5-3-2-4-6-12/h2-6,9,13H,7-8,10-11H2,1H3/t13-/m0/s1. The fraction of sp³-hybridized carbons (Fsp3) is 0.375. The number of hydrogen-bond acceptors (Lipinski definition) is 6. The van der Waals surface area contributed by atoms with Crippen LogP contribution in [0.15, 0.2) is 36.5 Å². The highest BCUT2D eigenvalue weighted by Gasteiger charge is 2.29. The maximum Gasteiger partial charge on any atom is 0.315 e. The molecule has 1 amide bonds. The Bertz CT molecular complexity index is 719. The number of carbonyl (C=O) groups excluding carboxylic acids is 2. The van der Waals surface area contributed by atoms with E-state index in [0.29, 0.717) is 24.5 Å². The van der Waals surface area contributed by atoms with Crippen molar-refractivity contribution in [1.29, 1.82) is 0 Å². The van der Waals surface area contributed by atoms with Crippen LogP contribution in [0.4, 0.5) is 0 Å². The maximum atomic E-state index is 12.5. The molecule has 1 aromatic heterocycles. The van der Waals surface area contributed by atoms with Crippen LogP contribution in [0.3, 0.4) is 0 Å². The Kier molecular flexibility index (Phi) is 5.14. The first-order chi connectivity index (χ1) is 11.7. The summed E-state index contributed by atoms with van der Waals surface area (Å²) in [6.07, 6.45) is 2.35. The Morgan fingerprint density at radius 3 is 2.88 bits per heavy atom. The second-order valence-electron chi connectivity index (χ2n) is 5.40. The van der Waals surface area contributed by atoms with Crippen LogP contribution in [0.1, 0.15) is 16.9 Å². The third-order valence-electron chi connectivity index (χ3n) is 3.79. The summed E-state index contributed by atoms with van der Waals surface area (Å²) >= 11 is 1.53. The molecule has 1 aliphatic rings.